The van der Waals surface area contributed by atoms with Crippen LogP contribution >= 0.6 is 0 Å². The number of alkyl halides is 3. The van der Waals surface area contributed by atoms with Crippen molar-refractivity contribution < 1.29 is 31.5 Å². The lowest BCUT2D eigenvalue weighted by Crippen LogP contribution is -2.28. The SMILES string of the molecule is COc1c(F)cc(NC(=O)NCc2cccc(C(F)(F)F)c2)cc1F. The molecule has 0 unspecified atom stereocenters. The minimum absolute atomic E-state index is 0.169. The monoisotopic (exact) mass is 360 g/mol. The fourth-order valence-electron chi connectivity index (χ4n) is 2.04. The van der Waals surface area contributed by atoms with Gasteiger partial charge in [0.1, 0.15) is 0 Å². The van der Waals surface area contributed by atoms with Crippen molar-refractivity contribution in [3.8, 4) is 5.75 Å². The van der Waals surface area contributed by atoms with Gasteiger partial charge in [-0.25, -0.2) is 13.6 Å². The van der Waals surface area contributed by atoms with Crippen molar-refractivity contribution in [2.45, 2.75) is 12.7 Å². The lowest BCUT2D eigenvalue weighted by molar-refractivity contribution is -0.137. The first-order valence-electron chi connectivity index (χ1n) is 6.94. The highest BCUT2D eigenvalue weighted by atomic mass is 19.4. The van der Waals surface area contributed by atoms with Gasteiger partial charge in [-0.2, -0.15) is 13.2 Å². The molecule has 0 aliphatic carbocycles. The molecule has 25 heavy (non-hydrogen) atoms. The van der Waals surface area contributed by atoms with Crippen molar-refractivity contribution >= 4 is 11.7 Å². The number of carbonyl (C=O) groups excluding carboxylic acids is 1. The minimum atomic E-state index is -4.49. The maximum atomic E-state index is 13.5. The molecule has 9 heteroatoms. The number of rotatable bonds is 4. The zero-order valence-corrected chi connectivity index (χ0v) is 12.9. The molecule has 2 N–H and O–H groups in total. The third-order valence-electron chi connectivity index (χ3n) is 3.17. The molecule has 0 heterocycles. The molecule has 4 nitrogen and oxygen atoms in total. The van der Waals surface area contributed by atoms with E-state index < -0.39 is 35.2 Å². The molecule has 0 bridgehead atoms. The van der Waals surface area contributed by atoms with Crippen LogP contribution in [0.15, 0.2) is 36.4 Å². The number of anilines is 1. The quantitative estimate of drug-likeness (QED) is 0.798. The fraction of sp³-hybridized carbons (Fsp3) is 0.188. The van der Waals surface area contributed by atoms with Gasteiger partial charge in [0, 0.05) is 24.4 Å². The predicted octanol–water partition coefficient (Wildman–Crippen LogP) is 4.31. The molecule has 0 fully saturated rings. The maximum Gasteiger partial charge on any atom is 0.416 e. The Balaban J connectivity index is 2.00. The summed E-state index contributed by atoms with van der Waals surface area (Å²) in [4.78, 5) is 11.7. The molecule has 0 saturated carbocycles. The van der Waals surface area contributed by atoms with Crippen molar-refractivity contribution in [1.29, 1.82) is 0 Å². The predicted molar refractivity (Wildman–Crippen MR) is 80.2 cm³/mol. The van der Waals surface area contributed by atoms with E-state index in [9.17, 15) is 26.7 Å². The normalized spacial score (nSPS) is 11.1. The Morgan fingerprint density at radius 2 is 1.76 bits per heavy atom. The van der Waals surface area contributed by atoms with Crippen molar-refractivity contribution in [2.24, 2.45) is 0 Å². The van der Waals surface area contributed by atoms with Gasteiger partial charge in [0.25, 0.3) is 0 Å². The number of benzene rings is 2. The first-order chi connectivity index (χ1) is 11.7. The van der Waals surface area contributed by atoms with Gasteiger partial charge in [-0.05, 0) is 17.7 Å². The van der Waals surface area contributed by atoms with E-state index in [0.29, 0.717) is 0 Å². The smallest absolute Gasteiger partial charge is 0.416 e. The van der Waals surface area contributed by atoms with Crippen LogP contribution in [-0.4, -0.2) is 13.1 Å². The number of methoxy groups -OCH3 is 1. The zero-order valence-electron chi connectivity index (χ0n) is 12.9. The second kappa shape index (κ2) is 7.37. The Bertz CT molecular complexity index is 754. The number of amides is 2. The molecule has 2 rings (SSSR count). The number of hydrogen-bond donors (Lipinski definition) is 2. The van der Waals surface area contributed by atoms with Crippen LogP contribution in [0.1, 0.15) is 11.1 Å². The first-order valence-corrected chi connectivity index (χ1v) is 6.94. The van der Waals surface area contributed by atoms with E-state index in [1.165, 1.54) is 12.1 Å². The topological polar surface area (TPSA) is 50.4 Å². The highest BCUT2D eigenvalue weighted by Crippen LogP contribution is 2.29. The average molecular weight is 360 g/mol. The van der Waals surface area contributed by atoms with Gasteiger partial charge in [0.05, 0.1) is 12.7 Å². The average Bonchev–Trinajstić information content (AvgIpc) is 2.52. The molecule has 0 spiro atoms. The van der Waals surface area contributed by atoms with Gasteiger partial charge < -0.3 is 15.4 Å². The van der Waals surface area contributed by atoms with E-state index in [0.717, 1.165) is 31.4 Å². The molecule has 2 aromatic carbocycles. The van der Waals surface area contributed by atoms with E-state index in [1.807, 2.05) is 0 Å². The van der Waals surface area contributed by atoms with Crippen LogP contribution in [0.2, 0.25) is 0 Å². The maximum absolute atomic E-state index is 13.5. The van der Waals surface area contributed by atoms with Crippen molar-refractivity contribution in [3.05, 3.63) is 59.2 Å². The van der Waals surface area contributed by atoms with E-state index in [1.54, 1.807) is 0 Å². The third kappa shape index (κ3) is 4.82. The molecule has 0 aliphatic heterocycles. The summed E-state index contributed by atoms with van der Waals surface area (Å²) in [7, 11) is 1.09. The summed E-state index contributed by atoms with van der Waals surface area (Å²) >= 11 is 0. The molecule has 0 aromatic heterocycles. The molecule has 2 amide bonds. The van der Waals surface area contributed by atoms with Gasteiger partial charge in [-0.3, -0.25) is 0 Å². The summed E-state index contributed by atoms with van der Waals surface area (Å²) in [6, 6.07) is 5.30. The van der Waals surface area contributed by atoms with Crippen LogP contribution < -0.4 is 15.4 Å². The Morgan fingerprint density at radius 3 is 2.32 bits per heavy atom. The lowest BCUT2D eigenvalue weighted by atomic mass is 10.1. The second-order valence-electron chi connectivity index (χ2n) is 4.98. The molecular formula is C16H13F5N2O2. The first kappa shape index (κ1) is 18.5. The summed E-state index contributed by atoms with van der Waals surface area (Å²) < 4.78 is 69.4. The molecule has 134 valence electrons. The van der Waals surface area contributed by atoms with Crippen molar-refractivity contribution in [3.63, 3.8) is 0 Å². The number of hydrogen-bond acceptors (Lipinski definition) is 2. The molecule has 0 radical (unpaired) electrons. The van der Waals surface area contributed by atoms with Gasteiger partial charge in [-0.15, -0.1) is 0 Å². The number of nitrogens with one attached hydrogen (secondary N) is 2. The van der Waals surface area contributed by atoms with Crippen LogP contribution in [0.5, 0.6) is 5.75 Å². The van der Waals surface area contributed by atoms with Crippen LogP contribution in [0.4, 0.5) is 32.4 Å². The number of urea groups is 1. The highest BCUT2D eigenvalue weighted by Gasteiger charge is 2.30. The van der Waals surface area contributed by atoms with Crippen molar-refractivity contribution in [2.75, 3.05) is 12.4 Å². The second-order valence-corrected chi connectivity index (χ2v) is 4.98. The van der Waals surface area contributed by atoms with E-state index in [2.05, 4.69) is 15.4 Å². The van der Waals surface area contributed by atoms with E-state index in [-0.39, 0.29) is 17.8 Å². The van der Waals surface area contributed by atoms with Gasteiger partial charge in [-0.1, -0.05) is 12.1 Å². The molecular weight excluding hydrogens is 347 g/mol. The summed E-state index contributed by atoms with van der Waals surface area (Å²) in [6.07, 6.45) is -4.49. The van der Waals surface area contributed by atoms with Gasteiger partial charge >= 0.3 is 12.2 Å². The molecule has 0 atom stereocenters. The third-order valence-corrected chi connectivity index (χ3v) is 3.17. The van der Waals surface area contributed by atoms with E-state index in [4.69, 9.17) is 0 Å². The van der Waals surface area contributed by atoms with E-state index >= 15 is 0 Å². The van der Waals surface area contributed by atoms with Crippen molar-refractivity contribution in [1.82, 2.24) is 5.32 Å². The van der Waals surface area contributed by atoms with Gasteiger partial charge in [0.2, 0.25) is 0 Å². The van der Waals surface area contributed by atoms with Crippen LogP contribution in [0.3, 0.4) is 0 Å². The summed E-state index contributed by atoms with van der Waals surface area (Å²) in [6.45, 7) is -0.198. The molecule has 0 saturated heterocycles. The number of halogens is 5. The Hall–Kier alpha value is -2.84. The Labute approximate surface area is 139 Å². The fourth-order valence-corrected chi connectivity index (χ4v) is 2.04. The number of ether oxygens (including phenoxy) is 1. The lowest BCUT2D eigenvalue weighted by Gasteiger charge is -2.11. The zero-order chi connectivity index (χ0) is 18.6. The Kier molecular flexibility index (Phi) is 5.45. The number of carbonyl (C=O) groups is 1. The Morgan fingerprint density at radius 1 is 1.12 bits per heavy atom. The summed E-state index contributed by atoms with van der Waals surface area (Å²) in [5.41, 5.74) is -0.791. The highest BCUT2D eigenvalue weighted by molar-refractivity contribution is 5.89. The molecule has 2 aromatic rings. The summed E-state index contributed by atoms with van der Waals surface area (Å²) in [5, 5.41) is 4.48. The summed E-state index contributed by atoms with van der Waals surface area (Å²) in [5.74, 6) is -2.60. The van der Waals surface area contributed by atoms with Crippen LogP contribution in [0, 0.1) is 11.6 Å². The van der Waals surface area contributed by atoms with Gasteiger partial charge in [0.15, 0.2) is 17.4 Å². The molecule has 0 aliphatic rings. The van der Waals surface area contributed by atoms with Crippen LogP contribution in [0.25, 0.3) is 0 Å². The van der Waals surface area contributed by atoms with Crippen LogP contribution in [-0.2, 0) is 12.7 Å². The largest absolute Gasteiger partial charge is 0.491 e. The standard InChI is InChI=1S/C16H13F5N2O2/c1-25-14-12(17)6-11(7-13(14)18)23-15(24)22-8-9-3-2-4-10(5-9)16(19,20)21/h2-7H,8H2,1H3,(H2,22,23,24). The minimum Gasteiger partial charge on any atom is -0.491 e.